The topological polar surface area (TPSA) is 93.9 Å². The summed E-state index contributed by atoms with van der Waals surface area (Å²) in [6, 6.07) is 8.76. The normalized spacial score (nSPS) is 36.4. The van der Waals surface area contributed by atoms with Crippen LogP contribution in [-0.2, 0) is 18.9 Å². The Morgan fingerprint density at radius 3 is 2.50 bits per heavy atom. The highest BCUT2D eigenvalue weighted by Crippen LogP contribution is 2.65. The Morgan fingerprint density at radius 1 is 1.22 bits per heavy atom. The molecule has 3 saturated carbocycles. The number of likely N-dealkylation sites (tertiary alicyclic amines) is 1. The first-order chi connectivity index (χ1) is 16.9. The second-order valence-electron chi connectivity index (χ2n) is 12.6. The molecule has 5 aliphatic rings. The van der Waals surface area contributed by atoms with Crippen LogP contribution in [0.2, 0.25) is 0 Å². The summed E-state index contributed by atoms with van der Waals surface area (Å²) in [7, 11) is -0.501. The monoisotopic (exact) mass is 495 g/mol. The summed E-state index contributed by atoms with van der Waals surface area (Å²) in [5, 5.41) is 3.21. The van der Waals surface area contributed by atoms with Gasteiger partial charge in [0.2, 0.25) is 11.8 Å². The summed E-state index contributed by atoms with van der Waals surface area (Å²) in [5.41, 5.74) is 6.29. The van der Waals surface area contributed by atoms with Crippen molar-refractivity contribution in [2.45, 2.75) is 96.5 Å². The molecule has 7 unspecified atom stereocenters. The molecule has 1 aromatic carbocycles. The third kappa shape index (κ3) is 3.74. The number of nitrogens with zero attached hydrogens (tertiary/aromatic N) is 1. The van der Waals surface area contributed by atoms with Crippen LogP contribution in [-0.4, -0.2) is 53.6 Å². The zero-order chi connectivity index (χ0) is 26.0. The zero-order valence-corrected chi connectivity index (χ0v) is 22.6. The molecule has 2 aliphatic heterocycles. The third-order valence-corrected chi connectivity index (χ3v) is 10.2. The Balaban J connectivity index is 1.36. The van der Waals surface area contributed by atoms with Crippen molar-refractivity contribution < 1.29 is 18.9 Å². The Hall–Kier alpha value is -1.90. The van der Waals surface area contributed by atoms with Crippen LogP contribution in [0.4, 0.5) is 0 Å². The molecule has 6 rings (SSSR count). The van der Waals surface area contributed by atoms with Gasteiger partial charge in [-0.1, -0.05) is 65.0 Å². The van der Waals surface area contributed by atoms with Crippen LogP contribution < -0.4 is 11.1 Å². The summed E-state index contributed by atoms with van der Waals surface area (Å²) in [6.45, 7) is 13.3. The van der Waals surface area contributed by atoms with E-state index in [0.717, 1.165) is 12.0 Å². The molecule has 2 bridgehead atoms. The molecule has 5 fully saturated rings. The molecule has 3 aliphatic carbocycles. The minimum absolute atomic E-state index is 0.0160. The average molecular weight is 495 g/mol. The molecule has 2 amide bonds. The van der Waals surface area contributed by atoms with E-state index in [1.807, 2.05) is 51.1 Å². The number of amides is 2. The van der Waals surface area contributed by atoms with Gasteiger partial charge in [-0.15, -0.1) is 0 Å². The fraction of sp³-hybridized carbons (Fsp3) is 0.714. The molecular formula is C28H42BN3O4. The maximum absolute atomic E-state index is 13.9. The van der Waals surface area contributed by atoms with Gasteiger partial charge >= 0.3 is 7.12 Å². The third-order valence-electron chi connectivity index (χ3n) is 10.2. The van der Waals surface area contributed by atoms with Crippen LogP contribution in [0, 0.1) is 23.2 Å². The molecule has 3 N–H and O–H groups in total. The highest BCUT2D eigenvalue weighted by Gasteiger charge is 2.68. The number of benzene rings is 1. The number of carbonyl (C=O) groups excluding carboxylic acids is 2. The van der Waals surface area contributed by atoms with Gasteiger partial charge in [0.15, 0.2) is 0 Å². The Bertz CT molecular complexity index is 1020. The van der Waals surface area contributed by atoms with Crippen LogP contribution in [0.3, 0.4) is 0 Å². The minimum atomic E-state index is -0.951. The van der Waals surface area contributed by atoms with E-state index < -0.39 is 18.7 Å². The number of hydrogen-bond acceptors (Lipinski definition) is 5. The molecule has 1 aromatic rings. The van der Waals surface area contributed by atoms with Gasteiger partial charge in [-0.05, 0) is 61.3 Å². The van der Waals surface area contributed by atoms with Crippen molar-refractivity contribution in [2.75, 3.05) is 6.54 Å². The lowest BCUT2D eigenvalue weighted by atomic mass is 9.43. The predicted octanol–water partition coefficient (Wildman–Crippen LogP) is 3.48. The molecule has 8 heteroatoms. The number of nitrogens with one attached hydrogen (secondary N) is 1. The van der Waals surface area contributed by atoms with E-state index in [9.17, 15) is 9.59 Å². The molecule has 36 heavy (non-hydrogen) atoms. The maximum Gasteiger partial charge on any atom is 0.481 e. The molecule has 0 aromatic heterocycles. The Labute approximate surface area is 216 Å². The van der Waals surface area contributed by atoms with Gasteiger partial charge < -0.3 is 25.3 Å². The van der Waals surface area contributed by atoms with Crippen molar-refractivity contribution in [1.82, 2.24) is 10.2 Å². The minimum Gasteiger partial charge on any atom is -0.404 e. The van der Waals surface area contributed by atoms with Gasteiger partial charge in [-0.3, -0.25) is 9.59 Å². The van der Waals surface area contributed by atoms with E-state index in [0.29, 0.717) is 31.2 Å². The van der Waals surface area contributed by atoms with Crippen LogP contribution in [0.25, 0.3) is 0 Å². The number of hydrogen-bond donors (Lipinski definition) is 2. The van der Waals surface area contributed by atoms with Crippen molar-refractivity contribution in [1.29, 1.82) is 0 Å². The standard InChI is InChI=1S/C28H42BN3O4/c1-7-22(29-35-21-16-19-15-20(26(19,4)5)27(21,6)36-29)31-24(33)23(18-11-9-8-10-12-18)32-14-13-28(30,17(2)3)25(32)34/h8-12,17,19-23H,7,13-16,30H2,1-6H3,(H,31,33). The van der Waals surface area contributed by atoms with Crippen molar-refractivity contribution in [2.24, 2.45) is 28.9 Å². The van der Waals surface area contributed by atoms with E-state index in [1.54, 1.807) is 4.90 Å². The summed E-state index contributed by atoms with van der Waals surface area (Å²) in [5.74, 6) is 0.419. The zero-order valence-electron chi connectivity index (χ0n) is 22.6. The molecule has 2 heterocycles. The lowest BCUT2D eigenvalue weighted by Crippen LogP contribution is -2.65. The number of carbonyl (C=O) groups is 2. The molecule has 196 valence electrons. The Kier molecular flexibility index (Phi) is 6.33. The van der Waals surface area contributed by atoms with E-state index in [1.165, 1.54) is 6.42 Å². The fourth-order valence-corrected chi connectivity index (χ4v) is 7.37. The lowest BCUT2D eigenvalue weighted by molar-refractivity contribution is -0.199. The van der Waals surface area contributed by atoms with Gasteiger partial charge in [-0.25, -0.2) is 0 Å². The first-order valence-electron chi connectivity index (χ1n) is 13.7. The first kappa shape index (κ1) is 25.7. The van der Waals surface area contributed by atoms with Crippen LogP contribution >= 0.6 is 0 Å². The number of nitrogens with two attached hydrogens (primary N) is 1. The molecule has 0 spiro atoms. The van der Waals surface area contributed by atoms with Crippen LogP contribution in [0.5, 0.6) is 0 Å². The second kappa shape index (κ2) is 8.85. The highest BCUT2D eigenvalue weighted by molar-refractivity contribution is 6.47. The molecule has 0 radical (unpaired) electrons. The smallest absolute Gasteiger partial charge is 0.404 e. The average Bonchev–Trinajstić information content (AvgIpc) is 3.35. The van der Waals surface area contributed by atoms with Crippen molar-refractivity contribution >= 4 is 18.9 Å². The fourth-order valence-electron chi connectivity index (χ4n) is 7.37. The summed E-state index contributed by atoms with van der Waals surface area (Å²) >= 11 is 0. The largest absolute Gasteiger partial charge is 0.481 e. The SMILES string of the molecule is CCC(NC(=O)C(c1ccccc1)N1CCC(N)(C(C)C)C1=O)B1OC2CC3CC(C3(C)C)C2(C)O1. The van der Waals surface area contributed by atoms with E-state index in [2.05, 4.69) is 26.1 Å². The van der Waals surface area contributed by atoms with Crippen LogP contribution in [0.1, 0.15) is 78.8 Å². The molecular weight excluding hydrogens is 453 g/mol. The summed E-state index contributed by atoms with van der Waals surface area (Å²) in [6.07, 6.45) is 3.44. The van der Waals surface area contributed by atoms with Gasteiger partial charge in [-0.2, -0.15) is 0 Å². The first-order valence-corrected chi connectivity index (χ1v) is 13.7. The van der Waals surface area contributed by atoms with E-state index in [-0.39, 0.29) is 40.8 Å². The van der Waals surface area contributed by atoms with E-state index in [4.69, 9.17) is 15.0 Å². The van der Waals surface area contributed by atoms with Crippen molar-refractivity contribution in [3.63, 3.8) is 0 Å². The van der Waals surface area contributed by atoms with Gasteiger partial charge in [0.25, 0.3) is 0 Å². The quantitative estimate of drug-likeness (QED) is 0.565. The molecule has 7 nitrogen and oxygen atoms in total. The molecule has 7 atom stereocenters. The lowest BCUT2D eigenvalue weighted by Gasteiger charge is -2.64. The van der Waals surface area contributed by atoms with Crippen LogP contribution in [0.15, 0.2) is 30.3 Å². The van der Waals surface area contributed by atoms with E-state index >= 15 is 0 Å². The van der Waals surface area contributed by atoms with Gasteiger partial charge in [0.1, 0.15) is 6.04 Å². The molecule has 2 saturated heterocycles. The second-order valence-corrected chi connectivity index (χ2v) is 12.6. The Morgan fingerprint density at radius 2 is 1.92 bits per heavy atom. The van der Waals surface area contributed by atoms with Crippen molar-refractivity contribution in [3.8, 4) is 0 Å². The number of rotatable bonds is 7. The van der Waals surface area contributed by atoms with Gasteiger partial charge in [0, 0.05) is 6.54 Å². The summed E-state index contributed by atoms with van der Waals surface area (Å²) in [4.78, 5) is 29.0. The van der Waals surface area contributed by atoms with Gasteiger partial charge in [0.05, 0.1) is 23.2 Å². The highest BCUT2D eigenvalue weighted by atomic mass is 16.7. The predicted molar refractivity (Wildman–Crippen MR) is 140 cm³/mol. The van der Waals surface area contributed by atoms with Crippen molar-refractivity contribution in [3.05, 3.63) is 35.9 Å². The maximum atomic E-state index is 13.9. The summed E-state index contributed by atoms with van der Waals surface area (Å²) < 4.78 is 13.1.